The van der Waals surface area contributed by atoms with E-state index in [1.54, 1.807) is 0 Å². The minimum absolute atomic E-state index is 0.0265. The number of nitro groups is 1. The smallest absolute Gasteiger partial charge is 0.283 e. The molecule has 0 saturated carbocycles. The number of nitrogens with zero attached hydrogens (tertiary/aromatic N) is 4. The molecule has 9 heteroatoms. The molecular weight excluding hydrogens is 286 g/mol. The number of hydrogen-bond acceptors (Lipinski definition) is 5. The molecule has 1 aromatic carbocycles. The van der Waals surface area contributed by atoms with Crippen molar-refractivity contribution < 1.29 is 9.72 Å². The van der Waals surface area contributed by atoms with Gasteiger partial charge in [0, 0.05) is 18.1 Å². The van der Waals surface area contributed by atoms with Gasteiger partial charge < -0.3 is 4.90 Å². The Labute approximate surface area is 118 Å². The minimum atomic E-state index is -0.637. The molecule has 1 heterocycles. The van der Waals surface area contributed by atoms with E-state index in [-0.39, 0.29) is 22.8 Å². The highest BCUT2D eigenvalue weighted by atomic mass is 35.5. The average molecular weight is 296 g/mol. The third-order valence-corrected chi connectivity index (χ3v) is 2.82. The molecular formula is C11H10ClN5O3. The first-order valence-corrected chi connectivity index (χ1v) is 5.90. The highest BCUT2D eigenvalue weighted by molar-refractivity contribution is 6.31. The van der Waals surface area contributed by atoms with Crippen LogP contribution in [0.4, 0.5) is 5.69 Å². The molecule has 0 aliphatic heterocycles. The largest absolute Gasteiger partial charge is 0.334 e. The summed E-state index contributed by atoms with van der Waals surface area (Å²) in [5, 5.41) is 17.4. The van der Waals surface area contributed by atoms with Gasteiger partial charge in [0.1, 0.15) is 17.7 Å². The van der Waals surface area contributed by atoms with Gasteiger partial charge in [0.25, 0.3) is 11.6 Å². The standard InChI is InChI=1S/C11H10ClN5O3/c1-16(5-10-13-6-14-15-10)11(18)8-3-2-7(12)4-9(8)17(19)20/h2-4,6H,5H2,1H3,(H,13,14,15). The van der Waals surface area contributed by atoms with Crippen LogP contribution in [0.5, 0.6) is 0 Å². The molecule has 2 aromatic rings. The molecule has 104 valence electrons. The fourth-order valence-electron chi connectivity index (χ4n) is 1.65. The Balaban J connectivity index is 2.26. The Bertz CT molecular complexity index is 644. The Morgan fingerprint density at radius 3 is 2.90 bits per heavy atom. The summed E-state index contributed by atoms with van der Waals surface area (Å²) in [7, 11) is 1.52. The minimum Gasteiger partial charge on any atom is -0.334 e. The number of benzene rings is 1. The van der Waals surface area contributed by atoms with Gasteiger partial charge >= 0.3 is 0 Å². The number of amides is 1. The van der Waals surface area contributed by atoms with Crippen LogP contribution in [-0.2, 0) is 6.54 Å². The van der Waals surface area contributed by atoms with Crippen LogP contribution in [0.25, 0.3) is 0 Å². The maximum atomic E-state index is 12.2. The van der Waals surface area contributed by atoms with E-state index in [0.29, 0.717) is 5.82 Å². The monoisotopic (exact) mass is 295 g/mol. The number of H-pyrrole nitrogens is 1. The normalized spacial score (nSPS) is 10.3. The predicted octanol–water partition coefficient (Wildman–Crippen LogP) is 1.64. The SMILES string of the molecule is CN(Cc1ncn[nH]1)C(=O)c1ccc(Cl)cc1[N+](=O)[O-]. The zero-order chi connectivity index (χ0) is 14.7. The van der Waals surface area contributed by atoms with Gasteiger partial charge in [-0.25, -0.2) is 4.98 Å². The lowest BCUT2D eigenvalue weighted by atomic mass is 10.1. The lowest BCUT2D eigenvalue weighted by molar-refractivity contribution is -0.385. The number of carbonyl (C=O) groups is 1. The molecule has 0 radical (unpaired) electrons. The lowest BCUT2D eigenvalue weighted by Crippen LogP contribution is -2.27. The second-order valence-corrected chi connectivity index (χ2v) is 4.45. The third kappa shape index (κ3) is 2.91. The Hall–Kier alpha value is -2.48. The van der Waals surface area contributed by atoms with E-state index in [9.17, 15) is 14.9 Å². The number of rotatable bonds is 4. The quantitative estimate of drug-likeness (QED) is 0.682. The van der Waals surface area contributed by atoms with Crippen LogP contribution in [0.15, 0.2) is 24.5 Å². The number of nitro benzene ring substituents is 1. The number of hydrogen-bond donors (Lipinski definition) is 1. The van der Waals surface area contributed by atoms with Crippen molar-refractivity contribution in [3.63, 3.8) is 0 Å². The van der Waals surface area contributed by atoms with Crippen molar-refractivity contribution in [1.82, 2.24) is 20.1 Å². The second-order valence-electron chi connectivity index (χ2n) is 4.01. The molecule has 1 amide bonds. The summed E-state index contributed by atoms with van der Waals surface area (Å²) in [6.45, 7) is 0.165. The molecule has 0 bridgehead atoms. The molecule has 0 fully saturated rings. The van der Waals surface area contributed by atoms with Crippen molar-refractivity contribution in [2.24, 2.45) is 0 Å². The third-order valence-electron chi connectivity index (χ3n) is 2.59. The van der Waals surface area contributed by atoms with Crippen molar-refractivity contribution in [1.29, 1.82) is 0 Å². The Kier molecular flexibility index (Phi) is 3.94. The molecule has 8 nitrogen and oxygen atoms in total. The van der Waals surface area contributed by atoms with Gasteiger partial charge in [0.15, 0.2) is 0 Å². The summed E-state index contributed by atoms with van der Waals surface area (Å²) in [6.07, 6.45) is 1.32. The Morgan fingerprint density at radius 2 is 2.30 bits per heavy atom. The number of nitrogens with one attached hydrogen (secondary N) is 1. The molecule has 0 saturated heterocycles. The molecule has 2 rings (SSSR count). The van der Waals surface area contributed by atoms with Crippen LogP contribution in [0.2, 0.25) is 5.02 Å². The topological polar surface area (TPSA) is 105 Å². The zero-order valence-corrected chi connectivity index (χ0v) is 11.2. The highest BCUT2D eigenvalue weighted by Gasteiger charge is 2.23. The van der Waals surface area contributed by atoms with Gasteiger partial charge in [-0.05, 0) is 12.1 Å². The first-order chi connectivity index (χ1) is 9.49. The van der Waals surface area contributed by atoms with Crippen LogP contribution >= 0.6 is 11.6 Å². The van der Waals surface area contributed by atoms with Crippen LogP contribution in [0.1, 0.15) is 16.2 Å². The summed E-state index contributed by atoms with van der Waals surface area (Å²) >= 11 is 5.71. The van der Waals surface area contributed by atoms with Gasteiger partial charge in [-0.15, -0.1) is 0 Å². The molecule has 0 aliphatic rings. The van der Waals surface area contributed by atoms with E-state index in [4.69, 9.17) is 11.6 Å². The summed E-state index contributed by atoms with van der Waals surface area (Å²) in [5.41, 5.74) is -0.353. The van der Waals surface area contributed by atoms with Crippen LogP contribution in [0.3, 0.4) is 0 Å². The van der Waals surface area contributed by atoms with Gasteiger partial charge in [0.05, 0.1) is 11.5 Å². The first kappa shape index (κ1) is 13.9. The van der Waals surface area contributed by atoms with E-state index in [2.05, 4.69) is 15.2 Å². The Morgan fingerprint density at radius 1 is 1.55 bits per heavy atom. The van der Waals surface area contributed by atoms with Crippen molar-refractivity contribution in [3.8, 4) is 0 Å². The number of aromatic nitrogens is 3. The molecule has 20 heavy (non-hydrogen) atoms. The summed E-state index contributed by atoms with van der Waals surface area (Å²) < 4.78 is 0. The van der Waals surface area contributed by atoms with Crippen molar-refractivity contribution >= 4 is 23.2 Å². The number of aromatic amines is 1. The van der Waals surface area contributed by atoms with Crippen molar-refractivity contribution in [2.45, 2.75) is 6.54 Å². The van der Waals surface area contributed by atoms with Crippen LogP contribution < -0.4 is 0 Å². The predicted molar refractivity (Wildman–Crippen MR) is 70.3 cm³/mol. The van der Waals surface area contributed by atoms with Gasteiger partial charge in [-0.3, -0.25) is 20.0 Å². The molecule has 0 atom stereocenters. The van der Waals surface area contributed by atoms with E-state index in [1.165, 1.54) is 30.4 Å². The fraction of sp³-hybridized carbons (Fsp3) is 0.182. The molecule has 0 aliphatic carbocycles. The maximum Gasteiger partial charge on any atom is 0.283 e. The van der Waals surface area contributed by atoms with E-state index >= 15 is 0 Å². The van der Waals surface area contributed by atoms with E-state index < -0.39 is 10.8 Å². The van der Waals surface area contributed by atoms with E-state index in [1.807, 2.05) is 0 Å². The number of halogens is 1. The van der Waals surface area contributed by atoms with Crippen molar-refractivity contribution in [3.05, 3.63) is 51.1 Å². The summed E-state index contributed by atoms with van der Waals surface area (Å²) in [5.74, 6) is -0.0118. The molecule has 1 N–H and O–H groups in total. The van der Waals surface area contributed by atoms with Crippen LogP contribution in [0, 0.1) is 10.1 Å². The fourth-order valence-corrected chi connectivity index (χ4v) is 1.81. The van der Waals surface area contributed by atoms with Gasteiger partial charge in [-0.1, -0.05) is 11.6 Å². The average Bonchev–Trinajstić information content (AvgIpc) is 2.90. The van der Waals surface area contributed by atoms with Gasteiger partial charge in [0.2, 0.25) is 0 Å². The summed E-state index contributed by atoms with van der Waals surface area (Å²) in [4.78, 5) is 27.7. The van der Waals surface area contributed by atoms with E-state index in [0.717, 1.165) is 6.07 Å². The van der Waals surface area contributed by atoms with Crippen molar-refractivity contribution in [2.75, 3.05) is 7.05 Å². The first-order valence-electron chi connectivity index (χ1n) is 5.52. The highest BCUT2D eigenvalue weighted by Crippen LogP contribution is 2.24. The lowest BCUT2D eigenvalue weighted by Gasteiger charge is -2.15. The maximum absolute atomic E-state index is 12.2. The van der Waals surface area contributed by atoms with Gasteiger partial charge in [-0.2, -0.15) is 5.10 Å². The second kappa shape index (κ2) is 5.66. The zero-order valence-electron chi connectivity index (χ0n) is 10.4. The number of carbonyl (C=O) groups excluding carboxylic acids is 1. The molecule has 0 unspecified atom stereocenters. The summed E-state index contributed by atoms with van der Waals surface area (Å²) in [6, 6.07) is 3.92. The molecule has 0 spiro atoms. The molecule has 1 aromatic heterocycles. The van der Waals surface area contributed by atoms with Crippen LogP contribution in [-0.4, -0.2) is 38.0 Å².